The number of pyridine rings is 1. The Bertz CT molecular complexity index is 1230. The molecule has 0 spiro atoms. The lowest BCUT2D eigenvalue weighted by molar-refractivity contribution is 0.102. The predicted molar refractivity (Wildman–Crippen MR) is 116 cm³/mol. The Balaban J connectivity index is 1.46. The Morgan fingerprint density at radius 3 is 2.53 bits per heavy atom. The molecule has 0 bridgehead atoms. The van der Waals surface area contributed by atoms with Gasteiger partial charge in [-0.1, -0.05) is 24.3 Å². The van der Waals surface area contributed by atoms with Gasteiger partial charge in [-0.3, -0.25) is 9.78 Å². The summed E-state index contributed by atoms with van der Waals surface area (Å²) >= 11 is 0. The molecule has 2 fully saturated rings. The van der Waals surface area contributed by atoms with E-state index in [1.54, 1.807) is 18.2 Å². The maximum Gasteiger partial charge on any atom is 0.256 e. The lowest BCUT2D eigenvalue weighted by Crippen LogP contribution is -2.27. The fourth-order valence-corrected chi connectivity index (χ4v) is 5.55. The second-order valence-electron chi connectivity index (χ2n) is 7.98. The van der Waals surface area contributed by atoms with Crippen molar-refractivity contribution >= 4 is 32.5 Å². The van der Waals surface area contributed by atoms with E-state index in [0.29, 0.717) is 30.3 Å². The highest BCUT2D eigenvalue weighted by Gasteiger charge is 2.28. The van der Waals surface area contributed by atoms with Crippen LogP contribution in [0.2, 0.25) is 0 Å². The molecule has 6 nitrogen and oxygen atoms in total. The van der Waals surface area contributed by atoms with Crippen molar-refractivity contribution in [3.8, 4) is 0 Å². The van der Waals surface area contributed by atoms with Gasteiger partial charge >= 0.3 is 0 Å². The second-order valence-corrected chi connectivity index (χ2v) is 9.92. The minimum atomic E-state index is -3.53. The molecule has 1 aliphatic carbocycles. The molecule has 7 heteroatoms. The zero-order valence-electron chi connectivity index (χ0n) is 16.5. The first-order valence-electron chi connectivity index (χ1n) is 10.3. The van der Waals surface area contributed by atoms with Crippen molar-refractivity contribution in [2.75, 3.05) is 18.4 Å². The molecule has 2 aliphatic rings. The lowest BCUT2D eigenvalue weighted by atomic mass is 10.1. The Morgan fingerprint density at radius 1 is 1.00 bits per heavy atom. The maximum atomic E-state index is 13.1. The topological polar surface area (TPSA) is 79.4 Å². The van der Waals surface area contributed by atoms with Gasteiger partial charge in [0.2, 0.25) is 10.0 Å². The largest absolute Gasteiger partial charge is 0.322 e. The molecular weight excluding hydrogens is 398 g/mol. The SMILES string of the molecule is O=C(Nc1cccc(S(=O)(=O)N2CCCC2)c1)c1cc(C2CC2)nc2ccccc12. The van der Waals surface area contributed by atoms with E-state index in [-0.39, 0.29) is 10.8 Å². The number of amides is 1. The number of aromatic nitrogens is 1. The summed E-state index contributed by atoms with van der Waals surface area (Å²) in [5, 5.41) is 3.68. The van der Waals surface area contributed by atoms with Gasteiger partial charge in [-0.2, -0.15) is 4.31 Å². The molecule has 1 aromatic heterocycles. The number of benzene rings is 2. The predicted octanol–water partition coefficient (Wildman–Crippen LogP) is 4.15. The Labute approximate surface area is 176 Å². The van der Waals surface area contributed by atoms with Crippen LogP contribution >= 0.6 is 0 Å². The van der Waals surface area contributed by atoms with Gasteiger partial charge in [0.25, 0.3) is 5.91 Å². The minimum Gasteiger partial charge on any atom is -0.322 e. The molecule has 1 N–H and O–H groups in total. The van der Waals surface area contributed by atoms with Crippen LogP contribution in [0.25, 0.3) is 10.9 Å². The first-order valence-corrected chi connectivity index (χ1v) is 11.8. The highest BCUT2D eigenvalue weighted by molar-refractivity contribution is 7.89. The molecule has 154 valence electrons. The average molecular weight is 422 g/mol. The smallest absolute Gasteiger partial charge is 0.256 e. The number of hydrogen-bond donors (Lipinski definition) is 1. The Hall–Kier alpha value is -2.77. The molecule has 1 amide bonds. The summed E-state index contributed by atoms with van der Waals surface area (Å²) in [5.41, 5.74) is 2.78. The Morgan fingerprint density at radius 2 is 1.77 bits per heavy atom. The third kappa shape index (κ3) is 3.59. The number of rotatable bonds is 5. The zero-order valence-corrected chi connectivity index (χ0v) is 17.4. The molecule has 5 rings (SSSR count). The Kier molecular flexibility index (Phi) is 4.79. The van der Waals surface area contributed by atoms with Gasteiger partial charge in [-0.05, 0) is 56.0 Å². The number of nitrogens with one attached hydrogen (secondary N) is 1. The molecule has 1 aliphatic heterocycles. The normalized spacial score (nSPS) is 17.3. The number of carbonyl (C=O) groups excluding carboxylic acids is 1. The highest BCUT2D eigenvalue weighted by atomic mass is 32.2. The molecular formula is C23H23N3O3S. The van der Waals surface area contributed by atoms with Crippen LogP contribution in [-0.2, 0) is 10.0 Å². The van der Waals surface area contributed by atoms with Crippen molar-refractivity contribution in [2.45, 2.75) is 36.5 Å². The number of carbonyl (C=O) groups is 1. The summed E-state index contributed by atoms with van der Waals surface area (Å²) < 4.78 is 27.2. The molecule has 1 saturated heterocycles. The van der Waals surface area contributed by atoms with E-state index in [2.05, 4.69) is 5.32 Å². The van der Waals surface area contributed by atoms with Crippen molar-refractivity contribution < 1.29 is 13.2 Å². The van der Waals surface area contributed by atoms with E-state index >= 15 is 0 Å². The summed E-state index contributed by atoms with van der Waals surface area (Å²) in [6.45, 7) is 1.09. The van der Waals surface area contributed by atoms with Gasteiger partial charge in [0.05, 0.1) is 16.0 Å². The molecule has 2 aromatic carbocycles. The van der Waals surface area contributed by atoms with E-state index in [1.807, 2.05) is 30.3 Å². The quantitative estimate of drug-likeness (QED) is 0.671. The fourth-order valence-electron chi connectivity index (χ4n) is 3.98. The second kappa shape index (κ2) is 7.49. The van der Waals surface area contributed by atoms with Crippen LogP contribution in [0.15, 0.2) is 59.5 Å². The summed E-state index contributed by atoms with van der Waals surface area (Å²) in [7, 11) is -3.53. The van der Waals surface area contributed by atoms with E-state index < -0.39 is 10.0 Å². The first kappa shape index (κ1) is 19.2. The minimum absolute atomic E-state index is 0.209. The van der Waals surface area contributed by atoms with Crippen molar-refractivity contribution in [1.29, 1.82) is 0 Å². The summed E-state index contributed by atoms with van der Waals surface area (Å²) in [6, 6.07) is 16.0. The van der Waals surface area contributed by atoms with Crippen molar-refractivity contribution in [3.63, 3.8) is 0 Å². The number of fused-ring (bicyclic) bond motifs is 1. The van der Waals surface area contributed by atoms with Gasteiger partial charge in [-0.25, -0.2) is 8.42 Å². The number of sulfonamides is 1. The van der Waals surface area contributed by atoms with Crippen molar-refractivity contribution in [3.05, 3.63) is 65.9 Å². The summed E-state index contributed by atoms with van der Waals surface area (Å²) in [6.07, 6.45) is 3.97. The molecule has 30 heavy (non-hydrogen) atoms. The third-order valence-corrected chi connectivity index (χ3v) is 7.67. The number of para-hydroxylation sites is 1. The van der Waals surface area contributed by atoms with Crippen LogP contribution in [0, 0.1) is 0 Å². The van der Waals surface area contributed by atoms with E-state index in [1.165, 1.54) is 10.4 Å². The first-order chi connectivity index (χ1) is 14.5. The fraction of sp³-hybridized carbons (Fsp3) is 0.304. The third-order valence-electron chi connectivity index (χ3n) is 5.77. The highest BCUT2D eigenvalue weighted by Crippen LogP contribution is 2.40. The molecule has 1 saturated carbocycles. The molecule has 0 atom stereocenters. The van der Waals surface area contributed by atoms with Gasteiger partial charge in [-0.15, -0.1) is 0 Å². The van der Waals surface area contributed by atoms with Gasteiger partial charge in [0.15, 0.2) is 0 Å². The van der Waals surface area contributed by atoms with Gasteiger partial charge < -0.3 is 5.32 Å². The van der Waals surface area contributed by atoms with Gasteiger partial charge in [0.1, 0.15) is 0 Å². The van der Waals surface area contributed by atoms with Crippen LogP contribution in [0.1, 0.15) is 47.7 Å². The van der Waals surface area contributed by atoms with Crippen molar-refractivity contribution in [1.82, 2.24) is 9.29 Å². The zero-order chi connectivity index (χ0) is 20.7. The summed E-state index contributed by atoms with van der Waals surface area (Å²) in [4.78, 5) is 18.1. The lowest BCUT2D eigenvalue weighted by Gasteiger charge is -2.16. The van der Waals surface area contributed by atoms with Crippen LogP contribution in [0.5, 0.6) is 0 Å². The standard InChI is InChI=1S/C23H23N3O3S/c27-23(20-15-22(16-10-11-16)25-21-9-2-1-8-19(20)21)24-17-6-5-7-18(14-17)30(28,29)26-12-3-4-13-26/h1-2,5-9,14-16H,3-4,10-13H2,(H,24,27). The van der Waals surface area contributed by atoms with E-state index in [9.17, 15) is 13.2 Å². The van der Waals surface area contributed by atoms with E-state index in [0.717, 1.165) is 42.3 Å². The summed E-state index contributed by atoms with van der Waals surface area (Å²) in [5.74, 6) is 0.168. The monoisotopic (exact) mass is 421 g/mol. The molecule has 0 radical (unpaired) electrons. The number of hydrogen-bond acceptors (Lipinski definition) is 4. The van der Waals surface area contributed by atoms with Crippen LogP contribution < -0.4 is 5.32 Å². The van der Waals surface area contributed by atoms with Crippen molar-refractivity contribution in [2.24, 2.45) is 0 Å². The van der Waals surface area contributed by atoms with Gasteiger partial charge in [0, 0.05) is 35.8 Å². The van der Waals surface area contributed by atoms with Crippen LogP contribution in [-0.4, -0.2) is 36.7 Å². The van der Waals surface area contributed by atoms with Crippen LogP contribution in [0.4, 0.5) is 5.69 Å². The average Bonchev–Trinajstić information content (AvgIpc) is 3.46. The maximum absolute atomic E-state index is 13.1. The van der Waals surface area contributed by atoms with E-state index in [4.69, 9.17) is 4.98 Å². The molecule has 0 unspecified atom stereocenters. The number of anilines is 1. The molecule has 2 heterocycles. The van der Waals surface area contributed by atoms with Crippen LogP contribution in [0.3, 0.4) is 0 Å². The molecule has 3 aromatic rings. The number of nitrogens with zero attached hydrogens (tertiary/aromatic N) is 2.